The van der Waals surface area contributed by atoms with E-state index in [0.29, 0.717) is 5.71 Å². The number of thiophene rings is 1. The zero-order valence-corrected chi connectivity index (χ0v) is 8.64. The standard InChI is InChI=1S/C10H13NOS/c1-3-9-6-7-10(13-9)5-4-8(2)11-12/h4-7,12H,3H2,1-2H3/b5-4+,11-8+. The molecule has 0 fully saturated rings. The van der Waals surface area contributed by atoms with E-state index >= 15 is 0 Å². The molecule has 1 aromatic rings. The minimum Gasteiger partial charge on any atom is -0.411 e. The molecule has 0 saturated heterocycles. The van der Waals surface area contributed by atoms with Gasteiger partial charge < -0.3 is 5.21 Å². The van der Waals surface area contributed by atoms with Crippen LogP contribution in [0.1, 0.15) is 23.6 Å². The van der Waals surface area contributed by atoms with Gasteiger partial charge in [0.15, 0.2) is 0 Å². The van der Waals surface area contributed by atoms with Gasteiger partial charge in [0.25, 0.3) is 0 Å². The molecular formula is C10H13NOS. The zero-order chi connectivity index (χ0) is 9.68. The molecule has 0 bridgehead atoms. The molecule has 0 saturated carbocycles. The van der Waals surface area contributed by atoms with E-state index < -0.39 is 0 Å². The van der Waals surface area contributed by atoms with Crippen molar-refractivity contribution in [3.8, 4) is 0 Å². The summed E-state index contributed by atoms with van der Waals surface area (Å²) >= 11 is 1.76. The summed E-state index contributed by atoms with van der Waals surface area (Å²) < 4.78 is 0. The first-order valence-electron chi connectivity index (χ1n) is 4.21. The lowest BCUT2D eigenvalue weighted by atomic mass is 10.3. The Balaban J connectivity index is 2.69. The molecule has 13 heavy (non-hydrogen) atoms. The zero-order valence-electron chi connectivity index (χ0n) is 7.82. The van der Waals surface area contributed by atoms with E-state index in [-0.39, 0.29) is 0 Å². The fourth-order valence-corrected chi connectivity index (χ4v) is 1.77. The number of allylic oxidation sites excluding steroid dienone is 1. The Morgan fingerprint density at radius 2 is 2.38 bits per heavy atom. The molecule has 1 aromatic heterocycles. The Hall–Kier alpha value is -1.09. The smallest absolute Gasteiger partial charge is 0.0765 e. The van der Waals surface area contributed by atoms with Gasteiger partial charge in [0, 0.05) is 9.75 Å². The van der Waals surface area contributed by atoms with Gasteiger partial charge in [-0.25, -0.2) is 0 Å². The summed E-state index contributed by atoms with van der Waals surface area (Å²) in [5, 5.41) is 11.5. The lowest BCUT2D eigenvalue weighted by Gasteiger charge is -1.85. The summed E-state index contributed by atoms with van der Waals surface area (Å²) in [6.45, 7) is 3.89. The van der Waals surface area contributed by atoms with Gasteiger partial charge in [-0.1, -0.05) is 12.1 Å². The first-order chi connectivity index (χ1) is 6.26. The third kappa shape index (κ3) is 3.03. The third-order valence-corrected chi connectivity index (χ3v) is 2.87. The highest BCUT2D eigenvalue weighted by atomic mass is 32.1. The van der Waals surface area contributed by atoms with Gasteiger partial charge in [-0.2, -0.15) is 0 Å². The lowest BCUT2D eigenvalue weighted by molar-refractivity contribution is 0.319. The van der Waals surface area contributed by atoms with E-state index in [0.717, 1.165) is 6.42 Å². The number of oxime groups is 1. The van der Waals surface area contributed by atoms with Gasteiger partial charge >= 0.3 is 0 Å². The quantitative estimate of drug-likeness (QED) is 0.448. The monoisotopic (exact) mass is 195 g/mol. The second-order valence-corrected chi connectivity index (χ2v) is 3.93. The number of rotatable bonds is 3. The molecule has 70 valence electrons. The van der Waals surface area contributed by atoms with E-state index in [4.69, 9.17) is 5.21 Å². The van der Waals surface area contributed by atoms with Gasteiger partial charge in [0.1, 0.15) is 0 Å². The topological polar surface area (TPSA) is 32.6 Å². The Morgan fingerprint density at radius 1 is 1.62 bits per heavy atom. The van der Waals surface area contributed by atoms with Crippen LogP contribution in [0.4, 0.5) is 0 Å². The van der Waals surface area contributed by atoms with E-state index in [1.54, 1.807) is 24.3 Å². The van der Waals surface area contributed by atoms with Gasteiger partial charge in [-0.15, -0.1) is 11.3 Å². The summed E-state index contributed by atoms with van der Waals surface area (Å²) in [5.74, 6) is 0. The molecule has 3 heteroatoms. The highest BCUT2D eigenvalue weighted by molar-refractivity contribution is 7.12. The number of hydrogen-bond donors (Lipinski definition) is 1. The third-order valence-electron chi connectivity index (χ3n) is 1.68. The molecule has 0 spiro atoms. The molecule has 0 aliphatic heterocycles. The second kappa shape index (κ2) is 4.82. The van der Waals surface area contributed by atoms with E-state index in [1.807, 2.05) is 6.08 Å². The van der Waals surface area contributed by atoms with Gasteiger partial charge in [0.2, 0.25) is 0 Å². The number of nitrogens with zero attached hydrogens (tertiary/aromatic N) is 1. The maximum atomic E-state index is 8.40. The van der Waals surface area contributed by atoms with Crippen molar-refractivity contribution in [3.05, 3.63) is 28.0 Å². The van der Waals surface area contributed by atoms with Crippen molar-refractivity contribution in [2.45, 2.75) is 20.3 Å². The van der Waals surface area contributed by atoms with Crippen LogP contribution >= 0.6 is 11.3 Å². The average Bonchev–Trinajstić information content (AvgIpc) is 2.61. The van der Waals surface area contributed by atoms with Crippen molar-refractivity contribution in [1.82, 2.24) is 0 Å². The fourth-order valence-electron chi connectivity index (χ4n) is 0.910. The molecular weight excluding hydrogens is 182 g/mol. The fraction of sp³-hybridized carbons (Fsp3) is 0.300. The summed E-state index contributed by atoms with van der Waals surface area (Å²) in [4.78, 5) is 2.57. The van der Waals surface area contributed by atoms with Crippen LogP contribution in [0.15, 0.2) is 23.4 Å². The largest absolute Gasteiger partial charge is 0.411 e. The van der Waals surface area contributed by atoms with E-state index in [2.05, 4.69) is 24.2 Å². The predicted octanol–water partition coefficient (Wildman–Crippen LogP) is 3.17. The number of aryl methyl sites for hydroxylation is 1. The summed E-state index contributed by atoms with van der Waals surface area (Å²) in [6, 6.07) is 4.19. The Kier molecular flexibility index (Phi) is 3.71. The summed E-state index contributed by atoms with van der Waals surface area (Å²) in [7, 11) is 0. The highest BCUT2D eigenvalue weighted by Crippen LogP contribution is 2.18. The molecule has 0 radical (unpaired) electrons. The predicted molar refractivity (Wildman–Crippen MR) is 57.6 cm³/mol. The van der Waals surface area contributed by atoms with Crippen LogP contribution in [-0.2, 0) is 6.42 Å². The van der Waals surface area contributed by atoms with Crippen molar-refractivity contribution < 1.29 is 5.21 Å². The van der Waals surface area contributed by atoms with Crippen LogP contribution in [0.5, 0.6) is 0 Å². The minimum absolute atomic E-state index is 0.617. The molecule has 0 aliphatic rings. The van der Waals surface area contributed by atoms with Crippen LogP contribution in [0.25, 0.3) is 6.08 Å². The first kappa shape index (κ1) is 9.99. The van der Waals surface area contributed by atoms with Gasteiger partial charge in [-0.05, 0) is 37.6 Å². The lowest BCUT2D eigenvalue weighted by Crippen LogP contribution is -1.81. The average molecular weight is 195 g/mol. The molecule has 2 nitrogen and oxygen atoms in total. The van der Waals surface area contributed by atoms with Crippen molar-refractivity contribution in [2.24, 2.45) is 5.16 Å². The second-order valence-electron chi connectivity index (χ2n) is 2.73. The first-order valence-corrected chi connectivity index (χ1v) is 5.03. The van der Waals surface area contributed by atoms with Crippen molar-refractivity contribution in [2.75, 3.05) is 0 Å². The van der Waals surface area contributed by atoms with Crippen LogP contribution in [-0.4, -0.2) is 10.9 Å². The molecule has 1 rings (SSSR count). The van der Waals surface area contributed by atoms with Crippen molar-refractivity contribution in [3.63, 3.8) is 0 Å². The Morgan fingerprint density at radius 3 is 2.92 bits per heavy atom. The Bertz CT molecular complexity index is 325. The van der Waals surface area contributed by atoms with E-state index in [9.17, 15) is 0 Å². The normalized spacial score (nSPS) is 12.6. The van der Waals surface area contributed by atoms with Crippen molar-refractivity contribution >= 4 is 23.1 Å². The maximum absolute atomic E-state index is 8.40. The number of hydrogen-bond acceptors (Lipinski definition) is 3. The molecule has 0 atom stereocenters. The SMILES string of the molecule is CCc1ccc(/C=C/C(C)=N/O)s1. The van der Waals surface area contributed by atoms with Crippen LogP contribution < -0.4 is 0 Å². The molecule has 0 aromatic carbocycles. The molecule has 1 heterocycles. The molecule has 1 N–H and O–H groups in total. The molecule has 0 unspecified atom stereocenters. The Labute approximate surface area is 82.2 Å². The van der Waals surface area contributed by atoms with Gasteiger partial charge in [-0.3, -0.25) is 0 Å². The van der Waals surface area contributed by atoms with E-state index in [1.165, 1.54) is 9.75 Å². The molecule has 0 amide bonds. The van der Waals surface area contributed by atoms with Crippen LogP contribution in [0.2, 0.25) is 0 Å². The van der Waals surface area contributed by atoms with Crippen LogP contribution in [0.3, 0.4) is 0 Å². The minimum atomic E-state index is 0.617. The van der Waals surface area contributed by atoms with Crippen molar-refractivity contribution in [1.29, 1.82) is 0 Å². The summed E-state index contributed by atoms with van der Waals surface area (Å²) in [6.07, 6.45) is 4.83. The summed E-state index contributed by atoms with van der Waals surface area (Å²) in [5.41, 5.74) is 0.617. The highest BCUT2D eigenvalue weighted by Gasteiger charge is 1.93. The maximum Gasteiger partial charge on any atom is 0.0765 e. The van der Waals surface area contributed by atoms with Crippen LogP contribution in [0, 0.1) is 0 Å². The van der Waals surface area contributed by atoms with Gasteiger partial charge in [0.05, 0.1) is 5.71 Å². The molecule has 0 aliphatic carbocycles.